The minimum Gasteiger partial charge on any atom is -0.465 e. The molecule has 0 unspecified atom stereocenters. The van der Waals surface area contributed by atoms with Crippen molar-refractivity contribution in [3.63, 3.8) is 0 Å². The highest BCUT2D eigenvalue weighted by Crippen LogP contribution is 2.00. The van der Waals surface area contributed by atoms with Crippen LogP contribution >= 0.6 is 0 Å². The topological polar surface area (TPSA) is 26.3 Å². The average molecular weight is 202 g/mol. The third-order valence-electron chi connectivity index (χ3n) is 1.79. The predicted molar refractivity (Wildman–Crippen MR) is 57.9 cm³/mol. The van der Waals surface area contributed by atoms with Crippen molar-refractivity contribution in [1.29, 1.82) is 0 Å². The monoisotopic (exact) mass is 202 g/mol. The Kier molecular flexibility index (Phi) is 5.77. The molecule has 0 saturated heterocycles. The van der Waals surface area contributed by atoms with Gasteiger partial charge in [-0.2, -0.15) is 0 Å². The second-order valence-electron chi connectivity index (χ2n) is 5.19. The second-order valence-corrected chi connectivity index (χ2v) is 5.19. The molecule has 0 atom stereocenters. The van der Waals surface area contributed by atoms with E-state index in [1.165, 1.54) is 0 Å². The van der Waals surface area contributed by atoms with Crippen LogP contribution in [0.4, 0.5) is 0 Å². The lowest BCUT2D eigenvalue weighted by atomic mass is 10.2. The van der Waals surface area contributed by atoms with Crippen LogP contribution in [0.2, 0.25) is 0 Å². The number of nitrogens with zero attached hydrogens (tertiary/aromatic N) is 1. The molecule has 0 aliphatic carbocycles. The first kappa shape index (κ1) is 13.4. The molecule has 3 heteroatoms. The first-order chi connectivity index (χ1) is 6.31. The number of rotatable bonds is 6. The van der Waals surface area contributed by atoms with Gasteiger partial charge in [0.25, 0.3) is 0 Å². The summed E-state index contributed by atoms with van der Waals surface area (Å²) in [7, 11) is 6.37. The molecule has 0 spiro atoms. The van der Waals surface area contributed by atoms with E-state index in [1.54, 1.807) is 0 Å². The molecule has 0 aromatic carbocycles. The van der Waals surface area contributed by atoms with E-state index in [-0.39, 0.29) is 5.97 Å². The molecule has 0 bridgehead atoms. The maximum atomic E-state index is 11.2. The molecule has 84 valence electrons. The first-order valence-corrected chi connectivity index (χ1v) is 5.27. The van der Waals surface area contributed by atoms with Crippen LogP contribution in [0.15, 0.2) is 0 Å². The fourth-order valence-corrected chi connectivity index (χ4v) is 1.03. The summed E-state index contributed by atoms with van der Waals surface area (Å²) in [6.07, 6.45) is 1.45. The standard InChI is InChI=1S/C11H24NO2/c1-10(2)9-14-11(13)7-6-8-12(3,4)5/h10H,6-9H2,1-5H3/q+1. The zero-order valence-corrected chi connectivity index (χ0v) is 10.2. The summed E-state index contributed by atoms with van der Waals surface area (Å²) in [5.41, 5.74) is 0. The number of carbonyl (C=O) groups is 1. The van der Waals surface area contributed by atoms with Crippen molar-refractivity contribution in [3.05, 3.63) is 0 Å². The Labute approximate surface area is 87.6 Å². The number of hydrogen-bond acceptors (Lipinski definition) is 2. The summed E-state index contributed by atoms with van der Waals surface area (Å²) < 4.78 is 5.97. The maximum Gasteiger partial charge on any atom is 0.306 e. The van der Waals surface area contributed by atoms with Crippen LogP contribution in [0.3, 0.4) is 0 Å². The van der Waals surface area contributed by atoms with Crippen molar-refractivity contribution >= 4 is 5.97 Å². The van der Waals surface area contributed by atoms with Gasteiger partial charge in [-0.1, -0.05) is 13.8 Å². The van der Waals surface area contributed by atoms with E-state index in [4.69, 9.17) is 4.74 Å². The molecule has 0 fully saturated rings. The highest BCUT2D eigenvalue weighted by molar-refractivity contribution is 5.69. The smallest absolute Gasteiger partial charge is 0.306 e. The molecule has 0 N–H and O–H groups in total. The van der Waals surface area contributed by atoms with E-state index in [2.05, 4.69) is 21.1 Å². The Morgan fingerprint density at radius 1 is 1.29 bits per heavy atom. The van der Waals surface area contributed by atoms with Crippen molar-refractivity contribution in [2.75, 3.05) is 34.3 Å². The van der Waals surface area contributed by atoms with Crippen LogP contribution < -0.4 is 0 Å². The molecular weight excluding hydrogens is 178 g/mol. The molecular formula is C11H24NO2+. The Bertz CT molecular complexity index is 171. The molecule has 0 aliphatic rings. The van der Waals surface area contributed by atoms with Crippen molar-refractivity contribution < 1.29 is 14.0 Å². The Morgan fingerprint density at radius 3 is 2.29 bits per heavy atom. The summed E-state index contributed by atoms with van der Waals surface area (Å²) >= 11 is 0. The maximum absolute atomic E-state index is 11.2. The fraction of sp³-hybridized carbons (Fsp3) is 0.909. The molecule has 0 amide bonds. The van der Waals surface area contributed by atoms with E-state index in [1.807, 2.05) is 13.8 Å². The fourth-order valence-electron chi connectivity index (χ4n) is 1.03. The van der Waals surface area contributed by atoms with Crippen LogP contribution in [0, 0.1) is 5.92 Å². The molecule has 14 heavy (non-hydrogen) atoms. The van der Waals surface area contributed by atoms with Gasteiger partial charge in [-0.05, 0) is 5.92 Å². The van der Waals surface area contributed by atoms with Gasteiger partial charge in [-0.3, -0.25) is 4.79 Å². The number of carbonyl (C=O) groups excluding carboxylic acids is 1. The molecule has 0 radical (unpaired) electrons. The van der Waals surface area contributed by atoms with Gasteiger partial charge in [0.15, 0.2) is 0 Å². The largest absolute Gasteiger partial charge is 0.465 e. The first-order valence-electron chi connectivity index (χ1n) is 5.27. The van der Waals surface area contributed by atoms with Crippen molar-refractivity contribution in [1.82, 2.24) is 0 Å². The van der Waals surface area contributed by atoms with E-state index in [0.717, 1.165) is 17.4 Å². The second kappa shape index (κ2) is 6.02. The summed E-state index contributed by atoms with van der Waals surface area (Å²) in [5.74, 6) is 0.365. The van der Waals surface area contributed by atoms with Gasteiger partial charge in [-0.15, -0.1) is 0 Å². The van der Waals surface area contributed by atoms with Crippen molar-refractivity contribution in [2.24, 2.45) is 5.92 Å². The van der Waals surface area contributed by atoms with Crippen LogP contribution in [0.5, 0.6) is 0 Å². The van der Waals surface area contributed by atoms with Gasteiger partial charge >= 0.3 is 5.97 Å². The van der Waals surface area contributed by atoms with Gasteiger partial charge in [-0.25, -0.2) is 0 Å². The minimum atomic E-state index is -0.0628. The lowest BCUT2D eigenvalue weighted by Gasteiger charge is -2.23. The van der Waals surface area contributed by atoms with E-state index >= 15 is 0 Å². The Balaban J connectivity index is 3.46. The Hall–Kier alpha value is -0.570. The van der Waals surface area contributed by atoms with Gasteiger partial charge in [0, 0.05) is 6.42 Å². The predicted octanol–water partition coefficient (Wildman–Crippen LogP) is 1.67. The average Bonchev–Trinajstić information content (AvgIpc) is 1.98. The quantitative estimate of drug-likeness (QED) is 0.484. The van der Waals surface area contributed by atoms with E-state index in [9.17, 15) is 4.79 Å². The highest BCUT2D eigenvalue weighted by atomic mass is 16.5. The van der Waals surface area contributed by atoms with Gasteiger partial charge in [0.2, 0.25) is 0 Å². The van der Waals surface area contributed by atoms with Crippen LogP contribution in [0.25, 0.3) is 0 Å². The molecule has 0 aromatic heterocycles. The highest BCUT2D eigenvalue weighted by Gasteiger charge is 2.09. The van der Waals surface area contributed by atoms with Crippen LogP contribution in [0.1, 0.15) is 26.7 Å². The molecule has 3 nitrogen and oxygen atoms in total. The normalized spacial score (nSPS) is 11.9. The summed E-state index contributed by atoms with van der Waals surface area (Å²) in [4.78, 5) is 11.2. The molecule has 0 aliphatic heterocycles. The minimum absolute atomic E-state index is 0.0628. The van der Waals surface area contributed by atoms with Crippen molar-refractivity contribution in [2.45, 2.75) is 26.7 Å². The molecule has 0 saturated carbocycles. The summed E-state index contributed by atoms with van der Waals surface area (Å²) in [5, 5.41) is 0. The summed E-state index contributed by atoms with van der Waals surface area (Å²) in [6, 6.07) is 0. The Morgan fingerprint density at radius 2 is 1.86 bits per heavy atom. The van der Waals surface area contributed by atoms with Gasteiger partial charge in [0.05, 0.1) is 40.7 Å². The summed E-state index contributed by atoms with van der Waals surface area (Å²) in [6.45, 7) is 5.64. The van der Waals surface area contributed by atoms with E-state index in [0.29, 0.717) is 18.9 Å². The number of esters is 1. The lowest BCUT2D eigenvalue weighted by Crippen LogP contribution is -2.35. The van der Waals surface area contributed by atoms with Crippen molar-refractivity contribution in [3.8, 4) is 0 Å². The molecule has 0 rings (SSSR count). The van der Waals surface area contributed by atoms with Gasteiger partial charge in [0.1, 0.15) is 0 Å². The molecule has 0 heterocycles. The third kappa shape index (κ3) is 9.52. The number of hydrogen-bond donors (Lipinski definition) is 0. The van der Waals surface area contributed by atoms with Crippen LogP contribution in [-0.2, 0) is 9.53 Å². The third-order valence-corrected chi connectivity index (χ3v) is 1.79. The van der Waals surface area contributed by atoms with Gasteiger partial charge < -0.3 is 9.22 Å². The SMILES string of the molecule is CC(C)COC(=O)CCC[N+](C)(C)C. The molecule has 0 aromatic rings. The number of quaternary nitrogens is 1. The lowest BCUT2D eigenvalue weighted by molar-refractivity contribution is -0.870. The van der Waals surface area contributed by atoms with Crippen LogP contribution in [-0.4, -0.2) is 44.7 Å². The zero-order chi connectivity index (χ0) is 11.2. The number of ether oxygens (including phenoxy) is 1. The van der Waals surface area contributed by atoms with E-state index < -0.39 is 0 Å². The zero-order valence-electron chi connectivity index (χ0n) is 10.2.